The van der Waals surface area contributed by atoms with E-state index in [0.29, 0.717) is 5.41 Å². The topological polar surface area (TPSA) is 3.88 Å². The molecule has 0 aliphatic carbocycles. The van der Waals surface area contributed by atoms with Gasteiger partial charge in [-0.05, 0) is 54.7 Å². The maximum absolute atomic E-state index is 2.43. The SMILES string of the molecule is Cc1ccc(-c2cc(CC(C)(C)C)c(CC(C)(C)C)c[n+]2C)c(C)c1. The summed E-state index contributed by atoms with van der Waals surface area (Å²) in [6.45, 7) is 18.3. The number of benzene rings is 1. The maximum Gasteiger partial charge on any atom is 0.212 e. The van der Waals surface area contributed by atoms with Gasteiger partial charge in [0.05, 0.1) is 0 Å². The molecular weight excluding hydrogens is 302 g/mol. The summed E-state index contributed by atoms with van der Waals surface area (Å²) in [5, 5.41) is 0. The van der Waals surface area contributed by atoms with Crippen molar-refractivity contribution in [2.75, 3.05) is 0 Å². The van der Waals surface area contributed by atoms with Crippen molar-refractivity contribution in [3.8, 4) is 11.3 Å². The lowest BCUT2D eigenvalue weighted by Gasteiger charge is -2.24. The van der Waals surface area contributed by atoms with E-state index in [1.54, 1.807) is 0 Å². The number of pyridine rings is 1. The van der Waals surface area contributed by atoms with Gasteiger partial charge in [0, 0.05) is 17.2 Å². The molecule has 1 nitrogen and oxygen atoms in total. The fourth-order valence-electron chi connectivity index (χ4n) is 3.58. The number of hydrogen-bond donors (Lipinski definition) is 0. The van der Waals surface area contributed by atoms with Crippen LogP contribution in [-0.2, 0) is 19.9 Å². The van der Waals surface area contributed by atoms with E-state index in [1.807, 2.05) is 0 Å². The molecule has 0 N–H and O–H groups in total. The summed E-state index contributed by atoms with van der Waals surface area (Å²) in [5.74, 6) is 0. The monoisotopic (exact) mass is 338 g/mol. The zero-order chi connectivity index (χ0) is 19.0. The molecule has 2 aromatic rings. The molecule has 0 unspecified atom stereocenters. The Bertz CT molecular complexity index is 755. The first kappa shape index (κ1) is 19.7. The molecule has 0 aliphatic rings. The molecule has 0 amide bonds. The van der Waals surface area contributed by atoms with Gasteiger partial charge in [0.2, 0.25) is 5.69 Å². The fraction of sp³-hybridized carbons (Fsp3) is 0.542. The molecule has 25 heavy (non-hydrogen) atoms. The minimum atomic E-state index is 0.284. The van der Waals surface area contributed by atoms with Crippen LogP contribution in [0, 0.1) is 24.7 Å². The van der Waals surface area contributed by atoms with Gasteiger partial charge in [0.1, 0.15) is 7.05 Å². The third-order valence-electron chi connectivity index (χ3n) is 4.55. The standard InChI is InChI=1S/C24H36N/c1-17-10-11-21(18(2)12-17)22-13-19(14-23(3,4)5)20(16-25(22)9)15-24(6,7)8/h10-13,16H,14-15H2,1-9H3/q+1. The maximum atomic E-state index is 2.43. The van der Waals surface area contributed by atoms with Crippen LogP contribution in [-0.4, -0.2) is 0 Å². The predicted octanol–water partition coefficient (Wildman–Crippen LogP) is 5.97. The molecule has 1 aromatic carbocycles. The van der Waals surface area contributed by atoms with Crippen LogP contribution in [0.5, 0.6) is 0 Å². The Morgan fingerprint density at radius 2 is 1.36 bits per heavy atom. The molecular formula is C24H36N+. The van der Waals surface area contributed by atoms with Crippen molar-refractivity contribution in [2.45, 2.75) is 68.2 Å². The van der Waals surface area contributed by atoms with Crippen LogP contribution < -0.4 is 4.57 Å². The Labute approximate surface area is 155 Å². The minimum Gasteiger partial charge on any atom is -0.201 e. The smallest absolute Gasteiger partial charge is 0.201 e. The van der Waals surface area contributed by atoms with Gasteiger partial charge in [0.15, 0.2) is 6.20 Å². The average molecular weight is 339 g/mol. The first-order chi connectivity index (χ1) is 11.4. The molecule has 0 bridgehead atoms. The second-order valence-electron chi connectivity index (χ2n) is 10.1. The van der Waals surface area contributed by atoms with Gasteiger partial charge in [-0.15, -0.1) is 0 Å². The Morgan fingerprint density at radius 3 is 1.88 bits per heavy atom. The lowest BCUT2D eigenvalue weighted by molar-refractivity contribution is -0.660. The molecule has 0 aliphatic heterocycles. The number of hydrogen-bond acceptors (Lipinski definition) is 0. The molecule has 0 saturated carbocycles. The van der Waals surface area contributed by atoms with Gasteiger partial charge in [-0.2, -0.15) is 0 Å². The lowest BCUT2D eigenvalue weighted by atomic mass is 9.81. The molecule has 1 aromatic heterocycles. The summed E-state index contributed by atoms with van der Waals surface area (Å²) in [5.41, 5.74) is 8.88. The van der Waals surface area contributed by atoms with Crippen molar-refractivity contribution in [3.63, 3.8) is 0 Å². The van der Waals surface area contributed by atoms with Gasteiger partial charge in [-0.25, -0.2) is 4.57 Å². The summed E-state index contributed by atoms with van der Waals surface area (Å²) in [4.78, 5) is 0. The molecule has 136 valence electrons. The molecule has 0 spiro atoms. The normalized spacial score (nSPS) is 12.5. The largest absolute Gasteiger partial charge is 0.212 e. The summed E-state index contributed by atoms with van der Waals surface area (Å²) in [6.07, 6.45) is 4.58. The molecule has 1 heterocycles. The van der Waals surface area contributed by atoms with E-state index in [-0.39, 0.29) is 5.41 Å². The number of aryl methyl sites for hydroxylation is 3. The van der Waals surface area contributed by atoms with Crippen molar-refractivity contribution in [3.05, 3.63) is 52.7 Å². The highest BCUT2D eigenvalue weighted by atomic mass is 14.9. The van der Waals surface area contributed by atoms with Crippen molar-refractivity contribution >= 4 is 0 Å². The summed E-state index contributed by atoms with van der Waals surface area (Å²) in [7, 11) is 2.18. The van der Waals surface area contributed by atoms with E-state index >= 15 is 0 Å². The lowest BCUT2D eigenvalue weighted by Crippen LogP contribution is -2.33. The van der Waals surface area contributed by atoms with Gasteiger partial charge in [-0.3, -0.25) is 0 Å². The molecule has 0 saturated heterocycles. The molecule has 2 rings (SSSR count). The first-order valence-corrected chi connectivity index (χ1v) is 9.45. The van der Waals surface area contributed by atoms with Crippen LogP contribution in [0.3, 0.4) is 0 Å². The van der Waals surface area contributed by atoms with Crippen LogP contribution in [0.1, 0.15) is 63.8 Å². The van der Waals surface area contributed by atoms with Crippen LogP contribution in [0.15, 0.2) is 30.5 Å². The van der Waals surface area contributed by atoms with E-state index in [9.17, 15) is 0 Å². The van der Waals surface area contributed by atoms with Crippen LogP contribution >= 0.6 is 0 Å². The van der Waals surface area contributed by atoms with E-state index in [0.717, 1.165) is 12.8 Å². The summed E-state index contributed by atoms with van der Waals surface area (Å²) < 4.78 is 2.31. The van der Waals surface area contributed by atoms with E-state index in [1.165, 1.54) is 33.5 Å². The van der Waals surface area contributed by atoms with E-state index in [4.69, 9.17) is 0 Å². The zero-order valence-corrected chi connectivity index (χ0v) is 17.7. The summed E-state index contributed by atoms with van der Waals surface area (Å²) in [6, 6.07) is 9.20. The summed E-state index contributed by atoms with van der Waals surface area (Å²) >= 11 is 0. The number of rotatable bonds is 3. The van der Waals surface area contributed by atoms with Crippen molar-refractivity contribution in [1.82, 2.24) is 0 Å². The molecule has 0 radical (unpaired) electrons. The quantitative estimate of drug-likeness (QED) is 0.607. The molecule has 0 fully saturated rings. The third kappa shape index (κ3) is 5.42. The number of nitrogens with zero attached hydrogens (tertiary/aromatic N) is 1. The highest BCUT2D eigenvalue weighted by Gasteiger charge is 2.23. The second-order valence-corrected chi connectivity index (χ2v) is 10.1. The van der Waals surface area contributed by atoms with Gasteiger partial charge in [-0.1, -0.05) is 59.2 Å². The van der Waals surface area contributed by atoms with Crippen LogP contribution in [0.4, 0.5) is 0 Å². The second kappa shape index (κ2) is 6.94. The third-order valence-corrected chi connectivity index (χ3v) is 4.55. The van der Waals surface area contributed by atoms with Crippen LogP contribution in [0.25, 0.3) is 11.3 Å². The van der Waals surface area contributed by atoms with Crippen molar-refractivity contribution in [1.29, 1.82) is 0 Å². The predicted molar refractivity (Wildman–Crippen MR) is 109 cm³/mol. The number of aromatic nitrogens is 1. The first-order valence-electron chi connectivity index (χ1n) is 9.45. The molecule has 1 heteroatoms. The van der Waals surface area contributed by atoms with E-state index < -0.39 is 0 Å². The highest BCUT2D eigenvalue weighted by molar-refractivity contribution is 5.62. The fourth-order valence-corrected chi connectivity index (χ4v) is 3.58. The average Bonchev–Trinajstić information content (AvgIpc) is 2.39. The Kier molecular flexibility index (Phi) is 5.47. The Morgan fingerprint density at radius 1 is 0.800 bits per heavy atom. The van der Waals surface area contributed by atoms with Crippen molar-refractivity contribution in [2.24, 2.45) is 17.9 Å². The highest BCUT2D eigenvalue weighted by Crippen LogP contribution is 2.30. The van der Waals surface area contributed by atoms with E-state index in [2.05, 4.69) is 97.5 Å². The van der Waals surface area contributed by atoms with Crippen LogP contribution in [0.2, 0.25) is 0 Å². The Hall–Kier alpha value is -1.63. The van der Waals surface area contributed by atoms with Gasteiger partial charge in [0.25, 0.3) is 0 Å². The van der Waals surface area contributed by atoms with Gasteiger partial charge < -0.3 is 0 Å². The minimum absolute atomic E-state index is 0.284. The molecule has 0 atom stereocenters. The van der Waals surface area contributed by atoms with Crippen molar-refractivity contribution < 1.29 is 4.57 Å². The Balaban J connectivity index is 2.61. The zero-order valence-electron chi connectivity index (χ0n) is 17.7. The van der Waals surface area contributed by atoms with Gasteiger partial charge >= 0.3 is 0 Å².